The Morgan fingerprint density at radius 1 is 1.29 bits per heavy atom. The zero-order valence-electron chi connectivity index (χ0n) is 19.7. The highest BCUT2D eigenvalue weighted by Gasteiger charge is 2.45. The molecule has 5 rings (SSSR count). The van der Waals surface area contributed by atoms with E-state index in [-0.39, 0.29) is 18.1 Å². The first kappa shape index (κ1) is 21.6. The van der Waals surface area contributed by atoms with Crippen molar-refractivity contribution in [3.05, 3.63) is 53.0 Å². The zero-order valence-corrected chi connectivity index (χ0v) is 19.7. The van der Waals surface area contributed by atoms with Gasteiger partial charge in [-0.2, -0.15) is 15.4 Å². The molecular weight excluding hydrogens is 430 g/mol. The maximum atomic E-state index is 13.0. The number of aromatic nitrogens is 3. The van der Waals surface area contributed by atoms with Gasteiger partial charge in [-0.05, 0) is 39.8 Å². The molecule has 9 heteroatoms. The normalized spacial score (nSPS) is 18.5. The van der Waals surface area contributed by atoms with Crippen molar-refractivity contribution in [1.29, 1.82) is 5.26 Å². The molecule has 0 radical (unpaired) electrons. The Kier molecular flexibility index (Phi) is 4.72. The zero-order chi connectivity index (χ0) is 24.4. The van der Waals surface area contributed by atoms with Gasteiger partial charge in [-0.15, -0.1) is 0 Å². The number of rotatable bonds is 0. The van der Waals surface area contributed by atoms with E-state index in [1.807, 2.05) is 44.7 Å². The van der Waals surface area contributed by atoms with Crippen LogP contribution in [0.3, 0.4) is 0 Å². The summed E-state index contributed by atoms with van der Waals surface area (Å²) in [5.41, 5.74) is 10.4. The Morgan fingerprint density at radius 2 is 2.06 bits per heavy atom. The Bertz CT molecular complexity index is 1430. The Balaban J connectivity index is 1.83. The van der Waals surface area contributed by atoms with Crippen molar-refractivity contribution in [2.75, 3.05) is 10.6 Å². The molecule has 3 aromatic rings. The summed E-state index contributed by atoms with van der Waals surface area (Å²) in [6, 6.07) is 10.1. The van der Waals surface area contributed by atoms with Crippen LogP contribution in [0.25, 0.3) is 11.1 Å². The van der Waals surface area contributed by atoms with Gasteiger partial charge < -0.3 is 15.4 Å². The summed E-state index contributed by atoms with van der Waals surface area (Å²) >= 11 is 0. The van der Waals surface area contributed by atoms with Gasteiger partial charge in [-0.1, -0.05) is 17.7 Å². The number of hydrogen-bond acceptors (Lipinski definition) is 7. The Hall–Kier alpha value is -4.19. The van der Waals surface area contributed by atoms with Crippen LogP contribution >= 0.6 is 0 Å². The number of aliphatic imine (C=N–C) groups is 1. The van der Waals surface area contributed by atoms with Gasteiger partial charge in [0.05, 0.1) is 17.8 Å². The topological polar surface area (TPSA) is 122 Å². The molecule has 2 aromatic heterocycles. The first-order chi connectivity index (χ1) is 16.1. The van der Waals surface area contributed by atoms with Crippen LogP contribution in [0.5, 0.6) is 5.75 Å². The third-order valence-corrected chi connectivity index (χ3v) is 6.46. The van der Waals surface area contributed by atoms with E-state index in [4.69, 9.17) is 10.5 Å². The summed E-state index contributed by atoms with van der Waals surface area (Å²) in [5, 5.41) is 14.5. The van der Waals surface area contributed by atoms with Crippen LogP contribution in [-0.2, 0) is 18.3 Å². The molecule has 34 heavy (non-hydrogen) atoms. The second kappa shape index (κ2) is 7.42. The predicted molar refractivity (Wildman–Crippen MR) is 128 cm³/mol. The van der Waals surface area contributed by atoms with E-state index in [1.54, 1.807) is 19.3 Å². The van der Waals surface area contributed by atoms with Crippen molar-refractivity contribution >= 4 is 23.2 Å². The number of carbonyl (C=O) groups excluding carboxylic acids is 1. The maximum Gasteiger partial charge on any atom is 0.273 e. The van der Waals surface area contributed by atoms with Crippen molar-refractivity contribution in [3.8, 4) is 22.9 Å². The van der Waals surface area contributed by atoms with Gasteiger partial charge in [0, 0.05) is 29.9 Å². The van der Waals surface area contributed by atoms with E-state index in [2.05, 4.69) is 27.2 Å². The molecule has 1 aromatic carbocycles. The van der Waals surface area contributed by atoms with Gasteiger partial charge >= 0.3 is 0 Å². The average Bonchev–Trinajstić information content (AvgIpc) is 3.20. The fourth-order valence-corrected chi connectivity index (χ4v) is 4.71. The number of nitrogens with zero attached hydrogens (tertiary/aromatic N) is 6. The lowest BCUT2D eigenvalue weighted by atomic mass is 9.96. The van der Waals surface area contributed by atoms with Crippen LogP contribution < -0.4 is 15.4 Å². The number of anilines is 2. The van der Waals surface area contributed by atoms with Crippen molar-refractivity contribution in [1.82, 2.24) is 14.8 Å². The number of benzene rings is 1. The first-order valence-electron chi connectivity index (χ1n) is 11.0. The largest absolute Gasteiger partial charge is 0.482 e. The van der Waals surface area contributed by atoms with E-state index in [9.17, 15) is 10.1 Å². The highest BCUT2D eigenvalue weighted by molar-refractivity contribution is 6.17. The second-order valence-electron chi connectivity index (χ2n) is 9.24. The molecule has 0 saturated heterocycles. The van der Waals surface area contributed by atoms with Gasteiger partial charge in [0.2, 0.25) is 0 Å². The minimum Gasteiger partial charge on any atom is -0.482 e. The molecule has 172 valence electrons. The number of carbonyl (C=O) groups is 1. The number of nitrogen functional groups attached to an aromatic ring is 1. The number of ether oxygens (including phenoxy) is 1. The number of nitrogens with two attached hydrogens (primary N) is 1. The molecule has 0 aliphatic carbocycles. The van der Waals surface area contributed by atoms with Gasteiger partial charge in [0.1, 0.15) is 29.2 Å². The Morgan fingerprint density at radius 3 is 2.79 bits per heavy atom. The number of fused-ring (bicyclic) bond motifs is 7. The average molecular weight is 456 g/mol. The molecule has 0 spiro atoms. The van der Waals surface area contributed by atoms with Gasteiger partial charge in [0.25, 0.3) is 5.91 Å². The minimum absolute atomic E-state index is 0.234. The SMILES string of the molecule is Cc1ccc2c(c1)[C@@H](C)Oc1cc(cnc1N)-c1c(nn(C)c1C#N)CC1=NC(=O)C(C)(C)N12. The van der Waals surface area contributed by atoms with Gasteiger partial charge in [-0.25, -0.2) is 4.98 Å². The third-order valence-electron chi connectivity index (χ3n) is 6.46. The summed E-state index contributed by atoms with van der Waals surface area (Å²) in [5.74, 6) is 1.01. The fraction of sp³-hybridized carbons (Fsp3) is 0.320. The van der Waals surface area contributed by atoms with E-state index in [0.717, 1.165) is 16.8 Å². The molecular formula is C25H25N7O2. The first-order valence-corrected chi connectivity index (χ1v) is 11.0. The monoisotopic (exact) mass is 455 g/mol. The molecule has 2 aliphatic rings. The highest BCUT2D eigenvalue weighted by Crippen LogP contribution is 2.41. The van der Waals surface area contributed by atoms with E-state index in [0.29, 0.717) is 34.1 Å². The number of amidine groups is 1. The van der Waals surface area contributed by atoms with E-state index in [1.165, 1.54) is 4.68 Å². The lowest BCUT2D eigenvalue weighted by molar-refractivity contribution is -0.120. The predicted octanol–water partition coefficient (Wildman–Crippen LogP) is 3.46. The summed E-state index contributed by atoms with van der Waals surface area (Å²) in [4.78, 5) is 23.8. The smallest absolute Gasteiger partial charge is 0.273 e. The van der Waals surface area contributed by atoms with Crippen molar-refractivity contribution in [3.63, 3.8) is 0 Å². The van der Waals surface area contributed by atoms with Crippen LogP contribution in [0, 0.1) is 18.3 Å². The van der Waals surface area contributed by atoms with Crippen LogP contribution in [0.2, 0.25) is 0 Å². The number of aryl methyl sites for hydroxylation is 2. The van der Waals surface area contributed by atoms with Crippen LogP contribution in [0.15, 0.2) is 35.5 Å². The van der Waals surface area contributed by atoms with Gasteiger partial charge in [0.15, 0.2) is 11.6 Å². The fourth-order valence-electron chi connectivity index (χ4n) is 4.71. The lowest BCUT2D eigenvalue weighted by Crippen LogP contribution is -2.48. The summed E-state index contributed by atoms with van der Waals surface area (Å²) in [6.45, 7) is 7.67. The summed E-state index contributed by atoms with van der Waals surface area (Å²) < 4.78 is 7.87. The molecule has 1 atom stereocenters. The molecule has 0 fully saturated rings. The van der Waals surface area contributed by atoms with Crippen molar-refractivity contribution in [2.24, 2.45) is 12.0 Å². The van der Waals surface area contributed by atoms with E-state index >= 15 is 0 Å². The summed E-state index contributed by atoms with van der Waals surface area (Å²) in [7, 11) is 1.72. The Labute approximate surface area is 197 Å². The van der Waals surface area contributed by atoms with E-state index < -0.39 is 11.6 Å². The van der Waals surface area contributed by atoms with Crippen LogP contribution in [-0.4, -0.2) is 32.0 Å². The molecule has 2 N–H and O–H groups in total. The van der Waals surface area contributed by atoms with Crippen LogP contribution in [0.4, 0.5) is 11.5 Å². The minimum atomic E-state index is -0.898. The number of pyridine rings is 1. The molecule has 2 bridgehead atoms. The van der Waals surface area contributed by atoms with Crippen molar-refractivity contribution < 1.29 is 9.53 Å². The summed E-state index contributed by atoms with van der Waals surface area (Å²) in [6.07, 6.45) is 1.48. The highest BCUT2D eigenvalue weighted by atomic mass is 16.5. The number of amides is 1. The quantitative estimate of drug-likeness (QED) is 0.551. The standard InChI is InChI=1S/C25H25N7O2/c1-13-6-7-18-16(8-13)14(2)34-20-9-15(12-28-23(20)27)22-17(30-31(5)19(22)11-26)10-21-29-24(33)25(3,4)32(18)21/h6-9,12,14H,10H2,1-5H3,(H2,27,28)/t14-/m1/s1. The molecule has 2 aliphatic heterocycles. The number of hydrogen-bond donors (Lipinski definition) is 1. The molecule has 0 saturated carbocycles. The molecule has 4 heterocycles. The maximum absolute atomic E-state index is 13.0. The molecule has 0 unspecified atom stereocenters. The lowest BCUT2D eigenvalue weighted by Gasteiger charge is -2.35. The third kappa shape index (κ3) is 3.14. The van der Waals surface area contributed by atoms with Crippen molar-refractivity contribution in [2.45, 2.75) is 45.8 Å². The number of nitriles is 1. The van der Waals surface area contributed by atoms with Crippen LogP contribution in [0.1, 0.15) is 49.4 Å². The molecule has 1 amide bonds. The second-order valence-corrected chi connectivity index (χ2v) is 9.24. The molecule has 9 nitrogen and oxygen atoms in total. The van der Waals surface area contributed by atoms with Gasteiger partial charge in [-0.3, -0.25) is 9.48 Å².